The van der Waals surface area contributed by atoms with Gasteiger partial charge in [0.15, 0.2) is 0 Å². The number of benzene rings is 1. The SMILES string of the molecule is CC1SCCCC1Nc1cccc(NS(N)(=O)=O)c1. The van der Waals surface area contributed by atoms with Crippen molar-refractivity contribution in [3.8, 4) is 0 Å². The second-order valence-electron chi connectivity index (χ2n) is 4.70. The monoisotopic (exact) mass is 301 g/mol. The Bertz CT molecular complexity index is 534. The molecule has 1 aliphatic rings. The largest absolute Gasteiger partial charge is 0.381 e. The molecule has 1 saturated heterocycles. The third-order valence-corrected chi connectivity index (χ3v) is 4.98. The number of nitrogens with one attached hydrogen (secondary N) is 2. The van der Waals surface area contributed by atoms with Crippen LogP contribution in [-0.4, -0.2) is 25.5 Å². The minimum Gasteiger partial charge on any atom is -0.381 e. The predicted molar refractivity (Wildman–Crippen MR) is 81.7 cm³/mol. The molecule has 7 heteroatoms. The summed E-state index contributed by atoms with van der Waals surface area (Å²) < 4.78 is 24.3. The molecular weight excluding hydrogens is 282 g/mol. The molecule has 0 saturated carbocycles. The van der Waals surface area contributed by atoms with Crippen LogP contribution in [0.5, 0.6) is 0 Å². The molecule has 0 bridgehead atoms. The van der Waals surface area contributed by atoms with Gasteiger partial charge in [0.1, 0.15) is 0 Å². The number of hydrogen-bond donors (Lipinski definition) is 3. The second-order valence-corrected chi connectivity index (χ2v) is 7.48. The molecule has 0 radical (unpaired) electrons. The first-order chi connectivity index (χ1) is 8.94. The Kier molecular flexibility index (Phi) is 4.59. The maximum absolute atomic E-state index is 11.0. The van der Waals surface area contributed by atoms with Crippen molar-refractivity contribution in [2.24, 2.45) is 5.14 Å². The van der Waals surface area contributed by atoms with Crippen LogP contribution in [0.2, 0.25) is 0 Å². The van der Waals surface area contributed by atoms with Gasteiger partial charge in [-0.3, -0.25) is 4.72 Å². The highest BCUT2D eigenvalue weighted by Crippen LogP contribution is 2.28. The molecule has 2 atom stereocenters. The van der Waals surface area contributed by atoms with Crippen molar-refractivity contribution >= 4 is 33.3 Å². The van der Waals surface area contributed by atoms with Crippen LogP contribution in [0.1, 0.15) is 19.8 Å². The fraction of sp³-hybridized carbons (Fsp3) is 0.500. The number of thioether (sulfide) groups is 1. The lowest BCUT2D eigenvalue weighted by Crippen LogP contribution is -2.32. The Hall–Kier alpha value is -0.920. The first-order valence-electron chi connectivity index (χ1n) is 6.23. The average molecular weight is 301 g/mol. The molecule has 0 amide bonds. The summed E-state index contributed by atoms with van der Waals surface area (Å²) in [5.41, 5.74) is 1.39. The predicted octanol–water partition coefficient (Wildman–Crippen LogP) is 2.00. The topological polar surface area (TPSA) is 84.2 Å². The molecule has 1 fully saturated rings. The summed E-state index contributed by atoms with van der Waals surface area (Å²) in [4.78, 5) is 0. The van der Waals surface area contributed by atoms with Crippen LogP contribution >= 0.6 is 11.8 Å². The summed E-state index contributed by atoms with van der Waals surface area (Å²) in [5, 5.41) is 8.98. The van der Waals surface area contributed by atoms with E-state index in [2.05, 4.69) is 17.0 Å². The first kappa shape index (κ1) is 14.5. The Morgan fingerprint density at radius 2 is 2.11 bits per heavy atom. The van der Waals surface area contributed by atoms with Gasteiger partial charge >= 0.3 is 0 Å². The summed E-state index contributed by atoms with van der Waals surface area (Å²) >= 11 is 1.97. The molecule has 19 heavy (non-hydrogen) atoms. The Morgan fingerprint density at radius 3 is 2.79 bits per heavy atom. The lowest BCUT2D eigenvalue weighted by atomic mass is 10.1. The van der Waals surface area contributed by atoms with E-state index in [4.69, 9.17) is 5.14 Å². The number of anilines is 2. The maximum atomic E-state index is 11.0. The van der Waals surface area contributed by atoms with Crippen molar-refractivity contribution in [3.05, 3.63) is 24.3 Å². The van der Waals surface area contributed by atoms with Crippen LogP contribution in [0.4, 0.5) is 11.4 Å². The van der Waals surface area contributed by atoms with Gasteiger partial charge < -0.3 is 5.32 Å². The highest BCUT2D eigenvalue weighted by molar-refractivity contribution is 8.00. The van der Waals surface area contributed by atoms with Gasteiger partial charge in [0.2, 0.25) is 0 Å². The van der Waals surface area contributed by atoms with Crippen LogP contribution in [0.3, 0.4) is 0 Å². The van der Waals surface area contributed by atoms with Gasteiger partial charge in [-0.05, 0) is 36.8 Å². The zero-order valence-corrected chi connectivity index (χ0v) is 12.4. The molecule has 2 rings (SSSR count). The zero-order chi connectivity index (χ0) is 13.9. The summed E-state index contributed by atoms with van der Waals surface area (Å²) in [5.74, 6) is 1.21. The molecule has 1 aromatic carbocycles. The second kappa shape index (κ2) is 6.02. The minimum absolute atomic E-state index is 0.420. The lowest BCUT2D eigenvalue weighted by molar-refractivity contribution is 0.603. The van der Waals surface area contributed by atoms with Gasteiger partial charge in [0, 0.05) is 17.0 Å². The molecule has 106 valence electrons. The molecule has 0 aliphatic carbocycles. The Balaban J connectivity index is 2.06. The maximum Gasteiger partial charge on any atom is 0.296 e. The van der Waals surface area contributed by atoms with Crippen molar-refractivity contribution in [1.29, 1.82) is 0 Å². The van der Waals surface area contributed by atoms with Crippen LogP contribution in [-0.2, 0) is 10.2 Å². The van der Waals surface area contributed by atoms with E-state index in [1.165, 1.54) is 12.2 Å². The van der Waals surface area contributed by atoms with Crippen molar-refractivity contribution < 1.29 is 8.42 Å². The summed E-state index contributed by atoms with van der Waals surface area (Å²) in [6, 6.07) is 7.59. The van der Waals surface area contributed by atoms with Crippen molar-refractivity contribution in [3.63, 3.8) is 0 Å². The standard InChI is InChI=1S/C12H19N3O2S2/c1-9-12(6-3-7-18-9)14-10-4-2-5-11(8-10)15-19(13,16)17/h2,4-5,8-9,12,14-15H,3,6-7H2,1H3,(H2,13,16,17). The van der Waals surface area contributed by atoms with Gasteiger partial charge in [0.25, 0.3) is 10.2 Å². The normalized spacial score (nSPS) is 23.9. The quantitative estimate of drug-likeness (QED) is 0.794. The van der Waals surface area contributed by atoms with E-state index in [-0.39, 0.29) is 0 Å². The van der Waals surface area contributed by atoms with Crippen molar-refractivity contribution in [2.45, 2.75) is 31.1 Å². The van der Waals surface area contributed by atoms with Crippen LogP contribution in [0.15, 0.2) is 24.3 Å². The van der Waals surface area contributed by atoms with E-state index >= 15 is 0 Å². The summed E-state index contributed by atoms with van der Waals surface area (Å²) in [6.07, 6.45) is 2.35. The lowest BCUT2D eigenvalue weighted by Gasteiger charge is -2.30. The molecule has 1 heterocycles. The summed E-state index contributed by atoms with van der Waals surface area (Å²) in [6.45, 7) is 2.22. The number of hydrogen-bond acceptors (Lipinski definition) is 4. The average Bonchev–Trinajstić information content (AvgIpc) is 2.30. The first-order valence-corrected chi connectivity index (χ1v) is 8.82. The van der Waals surface area contributed by atoms with Gasteiger partial charge in [-0.1, -0.05) is 13.0 Å². The molecule has 5 nitrogen and oxygen atoms in total. The van der Waals surface area contributed by atoms with E-state index in [0.29, 0.717) is 17.0 Å². The van der Waals surface area contributed by atoms with E-state index < -0.39 is 10.2 Å². The fourth-order valence-corrected chi connectivity index (χ4v) is 3.76. The molecule has 2 unspecified atom stereocenters. The van der Waals surface area contributed by atoms with E-state index in [1.807, 2.05) is 17.8 Å². The van der Waals surface area contributed by atoms with Gasteiger partial charge in [-0.2, -0.15) is 20.2 Å². The van der Waals surface area contributed by atoms with Gasteiger partial charge in [-0.15, -0.1) is 0 Å². The highest BCUT2D eigenvalue weighted by Gasteiger charge is 2.21. The van der Waals surface area contributed by atoms with E-state index in [1.54, 1.807) is 18.2 Å². The van der Waals surface area contributed by atoms with E-state index in [0.717, 1.165) is 12.1 Å². The van der Waals surface area contributed by atoms with Crippen molar-refractivity contribution in [1.82, 2.24) is 0 Å². The third-order valence-electron chi connectivity index (χ3n) is 3.08. The number of nitrogens with two attached hydrogens (primary N) is 1. The van der Waals surface area contributed by atoms with Gasteiger partial charge in [-0.25, -0.2) is 5.14 Å². The van der Waals surface area contributed by atoms with Crippen molar-refractivity contribution in [2.75, 3.05) is 15.8 Å². The zero-order valence-electron chi connectivity index (χ0n) is 10.8. The highest BCUT2D eigenvalue weighted by atomic mass is 32.2. The molecule has 0 aromatic heterocycles. The summed E-state index contributed by atoms with van der Waals surface area (Å²) in [7, 11) is -3.72. The van der Waals surface area contributed by atoms with Gasteiger partial charge in [0.05, 0.1) is 5.69 Å². The third kappa shape index (κ3) is 4.59. The number of rotatable bonds is 4. The fourth-order valence-electron chi connectivity index (χ4n) is 2.16. The Morgan fingerprint density at radius 1 is 1.37 bits per heavy atom. The molecule has 4 N–H and O–H groups in total. The van der Waals surface area contributed by atoms with E-state index in [9.17, 15) is 8.42 Å². The minimum atomic E-state index is -3.72. The Labute approximate surface area is 118 Å². The molecular formula is C12H19N3O2S2. The molecule has 1 aliphatic heterocycles. The molecule has 1 aromatic rings. The van der Waals surface area contributed by atoms with Crippen LogP contribution < -0.4 is 15.2 Å². The smallest absolute Gasteiger partial charge is 0.296 e. The van der Waals surface area contributed by atoms with Crippen LogP contribution in [0.25, 0.3) is 0 Å². The molecule has 0 spiro atoms. The van der Waals surface area contributed by atoms with Crippen LogP contribution in [0, 0.1) is 0 Å².